The summed E-state index contributed by atoms with van der Waals surface area (Å²) in [7, 11) is 0. The van der Waals surface area contributed by atoms with Crippen molar-refractivity contribution in [3.05, 3.63) is 84.8 Å². The number of rotatable bonds is 6. The van der Waals surface area contributed by atoms with E-state index >= 15 is 4.39 Å². The van der Waals surface area contributed by atoms with Crippen LogP contribution in [0.2, 0.25) is 0 Å². The number of nitrogens with zero attached hydrogens (tertiary/aromatic N) is 6. The first-order valence-electron chi connectivity index (χ1n) is 14.3. The predicted molar refractivity (Wildman–Crippen MR) is 155 cm³/mol. The zero-order chi connectivity index (χ0) is 30.6. The number of hydrogen-bond donors (Lipinski definition) is 0. The van der Waals surface area contributed by atoms with E-state index in [1.54, 1.807) is 26.0 Å². The van der Waals surface area contributed by atoms with E-state index < -0.39 is 40.4 Å². The third-order valence-corrected chi connectivity index (χ3v) is 8.34. The summed E-state index contributed by atoms with van der Waals surface area (Å²) >= 11 is 0. The highest BCUT2D eigenvalue weighted by molar-refractivity contribution is 6.43. The van der Waals surface area contributed by atoms with E-state index in [1.807, 2.05) is 6.07 Å². The van der Waals surface area contributed by atoms with Crippen LogP contribution >= 0.6 is 0 Å². The highest BCUT2D eigenvalue weighted by atomic mass is 19.1. The van der Waals surface area contributed by atoms with Crippen molar-refractivity contribution in [1.82, 2.24) is 23.6 Å². The quantitative estimate of drug-likeness (QED) is 0.251. The minimum absolute atomic E-state index is 0.00597. The Kier molecular flexibility index (Phi) is 7.04. The van der Waals surface area contributed by atoms with E-state index in [1.165, 1.54) is 26.4 Å². The molecule has 4 aromatic rings. The number of carbonyl (C=O) groups is 2. The Labute approximate surface area is 244 Å². The number of benzene rings is 2. The largest absolute Gasteiger partial charge is 0.334 e. The standard InChI is InChI=1S/C31H29FN6O5/c1-17(2)38-26-12-24(32)21(11-23(26)29(41)36(31(38)43)14-18-5-6-18)27(39)30(42)35-9-3-4-20(15-35)37-16-34-25-8-7-19(13-33)10-22(25)28(37)40/h7-8,10-12,16-18,20H,3-6,9,14-15H2,1-2H3. The van der Waals surface area contributed by atoms with Gasteiger partial charge >= 0.3 is 5.69 Å². The molecule has 2 aliphatic rings. The van der Waals surface area contributed by atoms with E-state index in [9.17, 15) is 29.2 Å². The maximum absolute atomic E-state index is 15.4. The lowest BCUT2D eigenvalue weighted by molar-refractivity contribution is -0.128. The summed E-state index contributed by atoms with van der Waals surface area (Å²) in [5.41, 5.74) is -1.24. The summed E-state index contributed by atoms with van der Waals surface area (Å²) in [6, 6.07) is 7.83. The zero-order valence-corrected chi connectivity index (χ0v) is 23.7. The van der Waals surface area contributed by atoms with Crippen molar-refractivity contribution in [3.63, 3.8) is 0 Å². The molecule has 2 aromatic carbocycles. The molecular formula is C31H29FN6O5. The molecule has 1 aliphatic heterocycles. The highest BCUT2D eigenvalue weighted by Crippen LogP contribution is 2.30. The number of likely N-dealkylation sites (tertiary alicyclic amines) is 1. The van der Waals surface area contributed by atoms with E-state index in [2.05, 4.69) is 4.98 Å². The average Bonchev–Trinajstić information content (AvgIpc) is 3.83. The van der Waals surface area contributed by atoms with Crippen molar-refractivity contribution in [2.45, 2.75) is 58.2 Å². The van der Waals surface area contributed by atoms with Crippen LogP contribution in [0, 0.1) is 23.1 Å². The summed E-state index contributed by atoms with van der Waals surface area (Å²) < 4.78 is 19.3. The molecule has 0 N–H and O–H groups in total. The second-order valence-corrected chi connectivity index (χ2v) is 11.6. The van der Waals surface area contributed by atoms with Gasteiger partial charge in [0.1, 0.15) is 5.82 Å². The lowest BCUT2D eigenvalue weighted by Gasteiger charge is -2.33. The molecule has 1 atom stereocenters. The molecule has 2 aromatic heterocycles. The molecule has 1 unspecified atom stereocenters. The predicted octanol–water partition coefficient (Wildman–Crippen LogP) is 2.92. The van der Waals surface area contributed by atoms with Gasteiger partial charge in [0.2, 0.25) is 0 Å². The number of amides is 1. The van der Waals surface area contributed by atoms with Gasteiger partial charge in [-0.25, -0.2) is 14.2 Å². The van der Waals surface area contributed by atoms with Crippen LogP contribution in [0.5, 0.6) is 0 Å². The van der Waals surface area contributed by atoms with Gasteiger partial charge in [-0.15, -0.1) is 0 Å². The number of ketones is 1. The molecule has 1 saturated heterocycles. The van der Waals surface area contributed by atoms with E-state index in [-0.39, 0.29) is 53.4 Å². The third kappa shape index (κ3) is 4.94. The number of piperidine rings is 1. The Morgan fingerprint density at radius 3 is 2.53 bits per heavy atom. The fraction of sp³-hybridized carbons (Fsp3) is 0.387. The van der Waals surface area contributed by atoms with Crippen LogP contribution in [0.3, 0.4) is 0 Å². The SMILES string of the molecule is CC(C)n1c(=O)n(CC2CC2)c(=O)c2cc(C(=O)C(=O)N3CCCC(n4cnc5ccc(C#N)cc5c4=O)C3)c(F)cc21. The van der Waals surface area contributed by atoms with Gasteiger partial charge in [-0.1, -0.05) is 0 Å². The molecule has 2 fully saturated rings. The first-order chi connectivity index (χ1) is 20.6. The van der Waals surface area contributed by atoms with Crippen LogP contribution in [-0.4, -0.2) is 48.4 Å². The molecular weight excluding hydrogens is 555 g/mol. The molecule has 220 valence electrons. The van der Waals surface area contributed by atoms with Crippen molar-refractivity contribution in [3.8, 4) is 6.07 Å². The summed E-state index contributed by atoms with van der Waals surface area (Å²) in [5, 5.41) is 9.49. The van der Waals surface area contributed by atoms with E-state index in [0.29, 0.717) is 23.9 Å². The van der Waals surface area contributed by atoms with Crippen molar-refractivity contribution in [2.75, 3.05) is 13.1 Å². The molecule has 1 aliphatic carbocycles. The summed E-state index contributed by atoms with van der Waals surface area (Å²) in [6.07, 6.45) is 4.24. The average molecular weight is 585 g/mol. The Balaban J connectivity index is 1.33. The number of carbonyl (C=O) groups excluding carboxylic acids is 2. The Hall–Kier alpha value is -4.92. The fourth-order valence-electron chi connectivity index (χ4n) is 5.88. The van der Waals surface area contributed by atoms with Crippen LogP contribution < -0.4 is 16.8 Å². The van der Waals surface area contributed by atoms with Gasteiger partial charge < -0.3 is 4.90 Å². The summed E-state index contributed by atoms with van der Waals surface area (Å²) in [5.74, 6) is -2.85. The number of aromatic nitrogens is 4. The van der Waals surface area contributed by atoms with E-state index in [4.69, 9.17) is 0 Å². The maximum atomic E-state index is 15.4. The van der Waals surface area contributed by atoms with Crippen LogP contribution in [-0.2, 0) is 11.3 Å². The number of nitriles is 1. The number of halogens is 1. The lowest BCUT2D eigenvalue weighted by Crippen LogP contribution is -2.45. The van der Waals surface area contributed by atoms with Crippen LogP contribution in [0.4, 0.5) is 4.39 Å². The normalized spacial score (nSPS) is 17.0. The van der Waals surface area contributed by atoms with Crippen molar-refractivity contribution in [1.29, 1.82) is 5.26 Å². The minimum Gasteiger partial charge on any atom is -0.334 e. The number of hydrogen-bond acceptors (Lipinski definition) is 7. The van der Waals surface area contributed by atoms with Crippen molar-refractivity contribution >= 4 is 33.5 Å². The molecule has 12 heteroatoms. The van der Waals surface area contributed by atoms with Crippen LogP contribution in [0.1, 0.15) is 67.5 Å². The number of Topliss-reactive ketones (excluding diaryl/α,β-unsaturated/α-hetero) is 1. The molecule has 0 radical (unpaired) electrons. The topological polar surface area (TPSA) is 140 Å². The third-order valence-electron chi connectivity index (χ3n) is 8.34. The van der Waals surface area contributed by atoms with Gasteiger partial charge in [-0.3, -0.25) is 32.9 Å². The van der Waals surface area contributed by atoms with Crippen LogP contribution in [0.25, 0.3) is 21.8 Å². The molecule has 0 spiro atoms. The molecule has 11 nitrogen and oxygen atoms in total. The molecule has 6 rings (SSSR count). The van der Waals surface area contributed by atoms with Crippen LogP contribution in [0.15, 0.2) is 51.0 Å². The Bertz CT molecular complexity index is 2050. The molecule has 3 heterocycles. The second-order valence-electron chi connectivity index (χ2n) is 11.6. The van der Waals surface area contributed by atoms with Crippen molar-refractivity contribution in [2.24, 2.45) is 5.92 Å². The van der Waals surface area contributed by atoms with E-state index in [0.717, 1.165) is 29.5 Å². The van der Waals surface area contributed by atoms with Gasteiger partial charge in [0, 0.05) is 25.7 Å². The summed E-state index contributed by atoms with van der Waals surface area (Å²) in [4.78, 5) is 72.2. The van der Waals surface area contributed by atoms with Gasteiger partial charge in [-0.2, -0.15) is 5.26 Å². The summed E-state index contributed by atoms with van der Waals surface area (Å²) in [6.45, 7) is 3.99. The molecule has 43 heavy (non-hydrogen) atoms. The lowest BCUT2D eigenvalue weighted by atomic mass is 10.0. The monoisotopic (exact) mass is 584 g/mol. The Morgan fingerprint density at radius 1 is 1.07 bits per heavy atom. The van der Waals surface area contributed by atoms with Gasteiger partial charge in [0.25, 0.3) is 22.8 Å². The second kappa shape index (κ2) is 10.7. The Morgan fingerprint density at radius 2 is 1.84 bits per heavy atom. The first-order valence-corrected chi connectivity index (χ1v) is 14.3. The smallest absolute Gasteiger partial charge is 0.331 e. The zero-order valence-electron chi connectivity index (χ0n) is 23.7. The van der Waals surface area contributed by atoms with Gasteiger partial charge in [0.15, 0.2) is 0 Å². The molecule has 1 amide bonds. The molecule has 1 saturated carbocycles. The minimum atomic E-state index is -1.11. The fourth-order valence-corrected chi connectivity index (χ4v) is 5.88. The first kappa shape index (κ1) is 28.2. The maximum Gasteiger partial charge on any atom is 0.331 e. The highest BCUT2D eigenvalue weighted by Gasteiger charge is 2.32. The van der Waals surface area contributed by atoms with Crippen molar-refractivity contribution < 1.29 is 14.0 Å². The molecule has 0 bridgehead atoms. The van der Waals surface area contributed by atoms with Gasteiger partial charge in [0.05, 0.1) is 51.4 Å². The van der Waals surface area contributed by atoms with Gasteiger partial charge in [-0.05, 0) is 75.8 Å². The number of fused-ring (bicyclic) bond motifs is 2.